The van der Waals surface area contributed by atoms with Crippen molar-refractivity contribution in [3.8, 4) is 6.07 Å². The van der Waals surface area contributed by atoms with Crippen LogP contribution in [-0.2, 0) is 11.0 Å². The molecule has 0 unspecified atom stereocenters. The minimum Gasteiger partial charge on any atom is -0.369 e. The summed E-state index contributed by atoms with van der Waals surface area (Å²) < 4.78 is 38.6. The molecule has 3 rings (SSSR count). The first-order valence-electron chi connectivity index (χ1n) is 9.18. The van der Waals surface area contributed by atoms with Crippen molar-refractivity contribution in [2.24, 2.45) is 0 Å². The van der Waals surface area contributed by atoms with Crippen molar-refractivity contribution in [2.45, 2.75) is 37.4 Å². The van der Waals surface area contributed by atoms with E-state index in [2.05, 4.69) is 11.4 Å². The standard InChI is InChI=1S/C19H23F3N4O/c20-19(21,22)15-4-3-5-16(12-15)26-10-8-25(9-11-26)13-17(27)24-18(14-23)6-1-2-7-18/h3-5,12H,1-2,6-11,13H2,(H,24,27). The second kappa shape index (κ2) is 7.77. The fourth-order valence-electron chi connectivity index (χ4n) is 3.80. The number of hydrogen-bond donors (Lipinski definition) is 1. The van der Waals surface area contributed by atoms with Gasteiger partial charge in [-0.3, -0.25) is 9.69 Å². The van der Waals surface area contributed by atoms with Crippen molar-refractivity contribution in [3.05, 3.63) is 29.8 Å². The van der Waals surface area contributed by atoms with Gasteiger partial charge in [0.25, 0.3) is 0 Å². The molecule has 0 bridgehead atoms. The Kier molecular flexibility index (Phi) is 5.61. The van der Waals surface area contributed by atoms with Crippen LogP contribution < -0.4 is 10.2 Å². The summed E-state index contributed by atoms with van der Waals surface area (Å²) in [5.74, 6) is -0.161. The summed E-state index contributed by atoms with van der Waals surface area (Å²) in [6.07, 6.45) is -1.07. The number of carbonyl (C=O) groups excluding carboxylic acids is 1. The molecule has 1 N–H and O–H groups in total. The molecular formula is C19H23F3N4O. The van der Waals surface area contributed by atoms with Crippen molar-refractivity contribution in [3.63, 3.8) is 0 Å². The molecule has 1 saturated carbocycles. The van der Waals surface area contributed by atoms with Gasteiger partial charge >= 0.3 is 6.18 Å². The van der Waals surface area contributed by atoms with Gasteiger partial charge < -0.3 is 10.2 Å². The Bertz CT molecular complexity index is 714. The number of amides is 1. The molecule has 0 aromatic heterocycles. The molecule has 1 aliphatic heterocycles. The molecule has 27 heavy (non-hydrogen) atoms. The predicted octanol–water partition coefficient (Wildman–Crippen LogP) is 2.78. The zero-order valence-electron chi connectivity index (χ0n) is 15.1. The summed E-state index contributed by atoms with van der Waals surface area (Å²) in [6, 6.07) is 7.57. The average Bonchev–Trinajstić information content (AvgIpc) is 3.10. The van der Waals surface area contributed by atoms with Crippen LogP contribution in [0.3, 0.4) is 0 Å². The Morgan fingerprint density at radius 1 is 1.19 bits per heavy atom. The number of nitrogens with zero attached hydrogens (tertiary/aromatic N) is 3. The van der Waals surface area contributed by atoms with Crippen LogP contribution in [0.1, 0.15) is 31.2 Å². The molecule has 1 amide bonds. The van der Waals surface area contributed by atoms with Crippen LogP contribution in [0, 0.1) is 11.3 Å². The van der Waals surface area contributed by atoms with E-state index < -0.39 is 17.3 Å². The normalized spacial score (nSPS) is 20.3. The Morgan fingerprint density at radius 3 is 2.44 bits per heavy atom. The van der Waals surface area contributed by atoms with Crippen molar-refractivity contribution < 1.29 is 18.0 Å². The molecule has 1 heterocycles. The van der Waals surface area contributed by atoms with Crippen LogP contribution in [0.4, 0.5) is 18.9 Å². The first kappa shape index (κ1) is 19.5. The number of anilines is 1. The first-order chi connectivity index (χ1) is 12.8. The summed E-state index contributed by atoms with van der Waals surface area (Å²) in [6.45, 7) is 2.49. The van der Waals surface area contributed by atoms with Crippen molar-refractivity contribution >= 4 is 11.6 Å². The van der Waals surface area contributed by atoms with Gasteiger partial charge in [0, 0.05) is 31.9 Å². The van der Waals surface area contributed by atoms with Crippen molar-refractivity contribution in [1.82, 2.24) is 10.2 Å². The van der Waals surface area contributed by atoms with Gasteiger partial charge in [-0.2, -0.15) is 18.4 Å². The monoisotopic (exact) mass is 380 g/mol. The maximum absolute atomic E-state index is 12.9. The average molecular weight is 380 g/mol. The molecule has 8 heteroatoms. The van der Waals surface area contributed by atoms with E-state index in [1.54, 1.807) is 6.07 Å². The van der Waals surface area contributed by atoms with Gasteiger partial charge in [-0.15, -0.1) is 0 Å². The number of carbonyl (C=O) groups is 1. The summed E-state index contributed by atoms with van der Waals surface area (Å²) in [5.41, 5.74) is -0.833. The van der Waals surface area contributed by atoms with E-state index in [-0.39, 0.29) is 12.5 Å². The quantitative estimate of drug-likeness (QED) is 0.873. The number of alkyl halides is 3. The minimum atomic E-state index is -4.35. The fourth-order valence-corrected chi connectivity index (χ4v) is 3.80. The van der Waals surface area contributed by atoms with Gasteiger partial charge in [0.15, 0.2) is 0 Å². The van der Waals surface area contributed by atoms with Crippen LogP contribution in [0.15, 0.2) is 24.3 Å². The molecule has 1 saturated heterocycles. The topological polar surface area (TPSA) is 59.4 Å². The van der Waals surface area contributed by atoms with Crippen LogP contribution in [0.25, 0.3) is 0 Å². The van der Waals surface area contributed by atoms with E-state index in [0.29, 0.717) is 44.7 Å². The summed E-state index contributed by atoms with van der Waals surface area (Å²) in [7, 11) is 0. The van der Waals surface area contributed by atoms with Crippen molar-refractivity contribution in [1.29, 1.82) is 5.26 Å². The largest absolute Gasteiger partial charge is 0.416 e. The third-order valence-electron chi connectivity index (χ3n) is 5.33. The van der Waals surface area contributed by atoms with E-state index >= 15 is 0 Å². The number of halogens is 3. The maximum Gasteiger partial charge on any atom is 0.416 e. The highest BCUT2D eigenvalue weighted by molar-refractivity contribution is 5.79. The van der Waals surface area contributed by atoms with Gasteiger partial charge in [-0.1, -0.05) is 6.07 Å². The molecule has 2 fully saturated rings. The number of hydrogen-bond acceptors (Lipinski definition) is 4. The second-order valence-corrected chi connectivity index (χ2v) is 7.26. The maximum atomic E-state index is 12.9. The van der Waals surface area contributed by atoms with E-state index in [9.17, 15) is 23.2 Å². The molecule has 5 nitrogen and oxygen atoms in total. The van der Waals surface area contributed by atoms with Crippen LogP contribution in [-0.4, -0.2) is 49.1 Å². The Balaban J connectivity index is 1.52. The van der Waals surface area contributed by atoms with E-state index in [1.165, 1.54) is 12.1 Å². The molecule has 1 aliphatic carbocycles. The Morgan fingerprint density at radius 2 is 1.85 bits per heavy atom. The van der Waals surface area contributed by atoms with E-state index in [1.807, 2.05) is 9.80 Å². The molecule has 2 aliphatic rings. The van der Waals surface area contributed by atoms with E-state index in [4.69, 9.17) is 0 Å². The third kappa shape index (κ3) is 4.72. The summed E-state index contributed by atoms with van der Waals surface area (Å²) in [4.78, 5) is 16.2. The number of nitrogens with one attached hydrogen (secondary N) is 1. The highest BCUT2D eigenvalue weighted by Gasteiger charge is 2.36. The molecule has 0 radical (unpaired) electrons. The van der Waals surface area contributed by atoms with Gasteiger partial charge in [0.1, 0.15) is 5.54 Å². The highest BCUT2D eigenvalue weighted by atomic mass is 19.4. The highest BCUT2D eigenvalue weighted by Crippen LogP contribution is 2.32. The zero-order valence-corrected chi connectivity index (χ0v) is 15.1. The SMILES string of the molecule is N#CC1(NC(=O)CN2CCN(c3cccc(C(F)(F)F)c3)CC2)CCCC1. The Labute approximate surface area is 156 Å². The minimum absolute atomic E-state index is 0.161. The molecular weight excluding hydrogens is 357 g/mol. The number of rotatable bonds is 4. The lowest BCUT2D eigenvalue weighted by Gasteiger charge is -2.36. The molecule has 146 valence electrons. The van der Waals surface area contributed by atoms with Crippen molar-refractivity contribution in [2.75, 3.05) is 37.6 Å². The second-order valence-electron chi connectivity index (χ2n) is 7.26. The third-order valence-corrected chi connectivity index (χ3v) is 5.33. The number of piperazine rings is 1. The van der Waals surface area contributed by atoms with Crippen LogP contribution in [0.5, 0.6) is 0 Å². The Hall–Kier alpha value is -2.27. The van der Waals surface area contributed by atoms with E-state index in [0.717, 1.165) is 18.9 Å². The van der Waals surface area contributed by atoms with Crippen LogP contribution >= 0.6 is 0 Å². The smallest absolute Gasteiger partial charge is 0.369 e. The summed E-state index contributed by atoms with van der Waals surface area (Å²) >= 11 is 0. The predicted molar refractivity (Wildman–Crippen MR) is 95.1 cm³/mol. The lowest BCUT2D eigenvalue weighted by molar-refractivity contribution is -0.137. The lowest BCUT2D eigenvalue weighted by Crippen LogP contribution is -2.53. The van der Waals surface area contributed by atoms with Gasteiger partial charge in [0.05, 0.1) is 18.2 Å². The number of nitriles is 1. The molecule has 1 aromatic rings. The molecule has 0 atom stereocenters. The number of benzene rings is 1. The fraction of sp³-hybridized carbons (Fsp3) is 0.579. The molecule has 0 spiro atoms. The van der Waals surface area contributed by atoms with Gasteiger partial charge in [-0.25, -0.2) is 0 Å². The first-order valence-corrected chi connectivity index (χ1v) is 9.18. The zero-order chi connectivity index (χ0) is 19.5. The van der Waals surface area contributed by atoms with Gasteiger partial charge in [-0.05, 0) is 43.9 Å². The van der Waals surface area contributed by atoms with Gasteiger partial charge in [0.2, 0.25) is 5.91 Å². The lowest BCUT2D eigenvalue weighted by atomic mass is 10.00. The molecule has 1 aromatic carbocycles. The van der Waals surface area contributed by atoms with Crippen LogP contribution in [0.2, 0.25) is 0 Å². The summed E-state index contributed by atoms with van der Waals surface area (Å²) in [5, 5.41) is 12.2.